The van der Waals surface area contributed by atoms with Crippen LogP contribution in [0.1, 0.15) is 11.6 Å². The highest BCUT2D eigenvalue weighted by atomic mass is 16.4. The fraction of sp³-hybridized carbons (Fsp3) is 0.111. The monoisotopic (exact) mass is 211 g/mol. The molecule has 1 aromatic carbocycles. The first-order chi connectivity index (χ1) is 7.00. The molecule has 0 aliphatic heterocycles. The summed E-state index contributed by atoms with van der Waals surface area (Å²) in [4.78, 5) is 21.1. The number of hydrogen-bond acceptors (Lipinski definition) is 3. The minimum Gasteiger partial charge on any atom is -0.508 e. The Morgan fingerprint density at radius 3 is 2.40 bits per heavy atom. The Bertz CT molecular complexity index is 390. The van der Waals surface area contributed by atoms with E-state index in [9.17, 15) is 9.59 Å². The number of phenols is 1. The Balaban J connectivity index is 2.98. The van der Waals surface area contributed by atoms with Crippen LogP contribution in [-0.2, 0) is 4.79 Å². The van der Waals surface area contributed by atoms with Crippen LogP contribution in [0, 0.1) is 0 Å². The Kier molecular flexibility index (Phi) is 3.12. The topological polar surface area (TPSA) is 107 Å². The molecule has 0 aliphatic carbocycles. The summed E-state index contributed by atoms with van der Waals surface area (Å²) < 4.78 is 0. The molecule has 1 unspecified atom stereocenters. The molecule has 0 aliphatic rings. The summed E-state index contributed by atoms with van der Waals surface area (Å²) in [6.07, 6.45) is -1.44. The van der Waals surface area contributed by atoms with Crippen LogP contribution in [0.25, 0.3) is 0 Å². The second kappa shape index (κ2) is 4.32. The zero-order chi connectivity index (χ0) is 11.4. The second-order valence-electron chi connectivity index (χ2n) is 2.82. The van der Waals surface area contributed by atoms with E-state index in [4.69, 9.17) is 15.3 Å². The fourth-order valence-corrected chi connectivity index (χ4v) is 1.12. The van der Waals surface area contributed by atoms with Crippen LogP contribution >= 0.6 is 0 Å². The first-order valence-corrected chi connectivity index (χ1v) is 4.02. The average molecular weight is 211 g/mol. The Hall–Kier alpha value is -2.24. The van der Waals surface area contributed by atoms with E-state index in [0.29, 0.717) is 0 Å². The lowest BCUT2D eigenvalue weighted by Crippen LogP contribution is -2.32. The van der Waals surface area contributed by atoms with E-state index >= 15 is 0 Å². The lowest BCUT2D eigenvalue weighted by molar-refractivity contribution is -0.139. The van der Waals surface area contributed by atoms with Crippen LogP contribution in [-0.4, -0.2) is 27.4 Å². The van der Waals surface area contributed by atoms with Crippen LogP contribution in [0.3, 0.4) is 0 Å². The maximum absolute atomic E-state index is 10.7. The molecule has 0 spiro atoms. The van der Waals surface area contributed by atoms with Gasteiger partial charge in [-0.05, 0) is 17.7 Å². The summed E-state index contributed by atoms with van der Waals surface area (Å²) in [6, 6.07) is 4.02. The predicted octanol–water partition coefficient (Wildman–Crippen LogP) is 0.785. The lowest BCUT2D eigenvalue weighted by atomic mass is 10.1. The van der Waals surface area contributed by atoms with E-state index in [1.54, 1.807) is 0 Å². The number of nitrogens with one attached hydrogen (secondary N) is 1. The number of hydrogen-bond donors (Lipinski definition) is 4. The van der Waals surface area contributed by atoms with Gasteiger partial charge in [-0.3, -0.25) is 0 Å². The number of aromatic hydroxyl groups is 1. The van der Waals surface area contributed by atoms with E-state index in [-0.39, 0.29) is 11.3 Å². The quantitative estimate of drug-likeness (QED) is 0.591. The highest BCUT2D eigenvalue weighted by molar-refractivity contribution is 5.80. The molecule has 0 fully saturated rings. The number of aliphatic carboxylic acids is 1. The summed E-state index contributed by atoms with van der Waals surface area (Å²) in [6.45, 7) is 0. The summed E-state index contributed by atoms with van der Waals surface area (Å²) in [7, 11) is 0. The molecule has 0 aromatic heterocycles. The van der Waals surface area contributed by atoms with Crippen LogP contribution in [0.15, 0.2) is 24.3 Å². The van der Waals surface area contributed by atoms with Gasteiger partial charge in [-0.15, -0.1) is 0 Å². The molecule has 80 valence electrons. The van der Waals surface area contributed by atoms with E-state index in [2.05, 4.69) is 0 Å². The SMILES string of the molecule is O=C(O)NC(C(=O)O)c1cccc(O)c1. The molecular weight excluding hydrogens is 202 g/mol. The summed E-state index contributed by atoms with van der Waals surface area (Å²) >= 11 is 0. The van der Waals surface area contributed by atoms with Gasteiger partial charge in [0.15, 0.2) is 6.04 Å². The summed E-state index contributed by atoms with van der Waals surface area (Å²) in [5.74, 6) is -1.45. The third-order valence-electron chi connectivity index (χ3n) is 1.72. The smallest absolute Gasteiger partial charge is 0.405 e. The van der Waals surface area contributed by atoms with Gasteiger partial charge in [0.2, 0.25) is 0 Å². The Morgan fingerprint density at radius 2 is 1.93 bits per heavy atom. The Labute approximate surface area is 84.8 Å². The van der Waals surface area contributed by atoms with Crippen molar-refractivity contribution in [2.45, 2.75) is 6.04 Å². The lowest BCUT2D eigenvalue weighted by Gasteiger charge is -2.12. The van der Waals surface area contributed by atoms with E-state index < -0.39 is 18.1 Å². The highest BCUT2D eigenvalue weighted by Crippen LogP contribution is 2.18. The van der Waals surface area contributed by atoms with Crippen LogP contribution in [0.2, 0.25) is 0 Å². The van der Waals surface area contributed by atoms with Crippen LogP contribution in [0.5, 0.6) is 5.75 Å². The average Bonchev–Trinajstić information content (AvgIpc) is 2.13. The normalized spacial score (nSPS) is 11.7. The third kappa shape index (κ3) is 2.87. The molecule has 1 aromatic rings. The molecule has 0 saturated carbocycles. The minimum absolute atomic E-state index is 0.120. The summed E-state index contributed by atoms with van der Waals surface area (Å²) in [5.41, 5.74) is 0.171. The van der Waals surface area contributed by atoms with Gasteiger partial charge in [0.1, 0.15) is 5.75 Å². The maximum atomic E-state index is 10.7. The molecule has 6 heteroatoms. The van der Waals surface area contributed by atoms with Crippen LogP contribution < -0.4 is 5.32 Å². The summed E-state index contributed by atoms with van der Waals surface area (Å²) in [5, 5.41) is 28.1. The van der Waals surface area contributed by atoms with Gasteiger partial charge in [-0.25, -0.2) is 9.59 Å². The number of amides is 1. The zero-order valence-corrected chi connectivity index (χ0v) is 7.54. The van der Waals surface area contributed by atoms with Gasteiger partial charge in [0.05, 0.1) is 0 Å². The molecule has 0 radical (unpaired) electrons. The van der Waals surface area contributed by atoms with Crippen molar-refractivity contribution in [2.24, 2.45) is 0 Å². The first-order valence-electron chi connectivity index (χ1n) is 4.02. The molecule has 1 atom stereocenters. The number of carbonyl (C=O) groups is 2. The number of carboxylic acids is 1. The second-order valence-corrected chi connectivity index (χ2v) is 2.82. The van der Waals surface area contributed by atoms with Crippen molar-refractivity contribution in [1.29, 1.82) is 0 Å². The van der Waals surface area contributed by atoms with E-state index in [1.807, 2.05) is 5.32 Å². The molecule has 4 N–H and O–H groups in total. The predicted molar refractivity (Wildman–Crippen MR) is 49.6 cm³/mol. The van der Waals surface area contributed by atoms with Gasteiger partial charge in [0.25, 0.3) is 0 Å². The van der Waals surface area contributed by atoms with Crippen molar-refractivity contribution < 1.29 is 24.9 Å². The molecule has 0 heterocycles. The van der Waals surface area contributed by atoms with Gasteiger partial charge < -0.3 is 20.6 Å². The highest BCUT2D eigenvalue weighted by Gasteiger charge is 2.21. The molecule has 1 amide bonds. The molecule has 1 rings (SSSR count). The maximum Gasteiger partial charge on any atom is 0.405 e. The number of phenolic OH excluding ortho intramolecular Hbond substituents is 1. The third-order valence-corrected chi connectivity index (χ3v) is 1.72. The Morgan fingerprint density at radius 1 is 1.27 bits per heavy atom. The van der Waals surface area contributed by atoms with E-state index in [1.165, 1.54) is 24.3 Å². The first kappa shape index (κ1) is 10.8. The van der Waals surface area contributed by atoms with Gasteiger partial charge >= 0.3 is 12.1 Å². The molecule has 0 saturated heterocycles. The van der Waals surface area contributed by atoms with E-state index in [0.717, 1.165) is 0 Å². The van der Waals surface area contributed by atoms with Crippen molar-refractivity contribution in [1.82, 2.24) is 5.32 Å². The minimum atomic E-state index is -1.44. The molecular formula is C9H9NO5. The van der Waals surface area contributed by atoms with Crippen molar-refractivity contribution in [3.8, 4) is 5.75 Å². The fourth-order valence-electron chi connectivity index (χ4n) is 1.12. The largest absolute Gasteiger partial charge is 0.508 e. The standard InChI is InChI=1S/C9H9NO5/c11-6-3-1-2-5(4-6)7(8(12)13)10-9(14)15/h1-4,7,10-11H,(H,12,13)(H,14,15). The zero-order valence-electron chi connectivity index (χ0n) is 7.54. The van der Waals surface area contributed by atoms with Crippen molar-refractivity contribution in [2.75, 3.05) is 0 Å². The molecule has 6 nitrogen and oxygen atoms in total. The molecule has 0 bridgehead atoms. The van der Waals surface area contributed by atoms with Crippen molar-refractivity contribution in [3.05, 3.63) is 29.8 Å². The van der Waals surface area contributed by atoms with Gasteiger partial charge in [0, 0.05) is 0 Å². The number of benzene rings is 1. The number of carboxylic acid groups (broad SMARTS) is 2. The van der Waals surface area contributed by atoms with Crippen molar-refractivity contribution in [3.63, 3.8) is 0 Å². The van der Waals surface area contributed by atoms with Gasteiger partial charge in [-0.2, -0.15) is 0 Å². The van der Waals surface area contributed by atoms with Crippen molar-refractivity contribution >= 4 is 12.1 Å². The molecule has 15 heavy (non-hydrogen) atoms. The number of rotatable bonds is 3. The van der Waals surface area contributed by atoms with Gasteiger partial charge in [-0.1, -0.05) is 12.1 Å². The van der Waals surface area contributed by atoms with Crippen LogP contribution in [0.4, 0.5) is 4.79 Å².